The summed E-state index contributed by atoms with van der Waals surface area (Å²) in [4.78, 5) is 61.0. The third kappa shape index (κ3) is 18.9. The number of nitrogens with zero attached hydrogens (tertiary/aromatic N) is 6. The van der Waals surface area contributed by atoms with Crippen LogP contribution in [0.25, 0.3) is 89.7 Å². The molecule has 0 saturated carbocycles. The van der Waals surface area contributed by atoms with Crippen LogP contribution in [0.4, 0.5) is 0 Å². The highest BCUT2D eigenvalue weighted by molar-refractivity contribution is 8.07. The molecule has 8 bridgehead atoms. The Kier molecular flexibility index (Phi) is 34.8. The van der Waals surface area contributed by atoms with Crippen LogP contribution in [0, 0.1) is 0 Å². The molecular weight excluding hydrogens is 1590 g/mol. The van der Waals surface area contributed by atoms with Crippen LogP contribution < -0.4 is 0 Å². The Bertz CT molecular complexity index is 4160. The number of nitrogens with one attached hydrogen (secondary N) is 2. The molecule has 2 aliphatic rings. The zero-order chi connectivity index (χ0) is 74.1. The van der Waals surface area contributed by atoms with Crippen LogP contribution in [0.2, 0.25) is 0 Å². The Balaban J connectivity index is 1.77. The van der Waals surface area contributed by atoms with E-state index in [1.165, 1.54) is 0 Å². The zero-order valence-corrected chi connectivity index (χ0v) is 71.1. The highest BCUT2D eigenvalue weighted by atomic mass is 32.2. The van der Waals surface area contributed by atoms with Gasteiger partial charge >= 0.3 is 0 Å². The highest BCUT2D eigenvalue weighted by Crippen LogP contribution is 2.60. The van der Waals surface area contributed by atoms with Crippen molar-refractivity contribution < 1.29 is 0 Å². The summed E-state index contributed by atoms with van der Waals surface area (Å²) >= 11 is 27.8. The highest BCUT2D eigenvalue weighted by Gasteiger charge is 2.37. The van der Waals surface area contributed by atoms with E-state index in [4.69, 9.17) is 29.9 Å². The second-order valence-electron chi connectivity index (χ2n) is 21.5. The number of H-pyrrole nitrogens is 2. The van der Waals surface area contributed by atoms with Gasteiger partial charge in [0.25, 0.3) is 0 Å². The topological polar surface area (TPSA) is 109 Å². The Hall–Kier alpha value is -4.32. The first kappa shape index (κ1) is 83.7. The quantitative estimate of drug-likeness (QED) is 0.0279. The Morgan fingerprint density at radius 3 is 0.442 bits per heavy atom. The van der Waals surface area contributed by atoms with Crippen molar-refractivity contribution in [1.29, 1.82) is 0 Å². The molecule has 5 heterocycles. The molecule has 0 fully saturated rings. The minimum atomic E-state index is 0.479. The molecule has 0 amide bonds. The normalized spacial score (nSPS) is 11.4. The third-order valence-electron chi connectivity index (χ3n) is 14.4. The summed E-state index contributed by atoms with van der Waals surface area (Å²) in [7, 11) is 0. The first-order valence-corrected chi connectivity index (χ1v) is 48.4. The number of aromatic amines is 2. The van der Waals surface area contributed by atoms with E-state index < -0.39 is 0 Å². The van der Waals surface area contributed by atoms with E-state index in [0.717, 1.165) is 122 Å². The fourth-order valence-electron chi connectivity index (χ4n) is 10.8. The molecule has 4 aromatic carbocycles. The lowest BCUT2D eigenvalue weighted by Crippen LogP contribution is -1.98. The number of thioether (sulfide) groups is 16. The van der Waals surface area contributed by atoms with Gasteiger partial charge in [0.15, 0.2) is 23.3 Å². The second-order valence-corrected chi connectivity index (χ2v) is 38.0. The molecule has 538 valence electrons. The first-order chi connectivity index (χ1) is 51.0. The van der Waals surface area contributed by atoms with E-state index in [1.54, 1.807) is 188 Å². The molecule has 0 radical (unpaired) electrons. The molecule has 0 spiro atoms. The Morgan fingerprint density at radius 1 is 0.173 bits per heavy atom. The molecule has 8 nitrogen and oxygen atoms in total. The molecule has 0 saturated heterocycles. The van der Waals surface area contributed by atoms with Crippen LogP contribution in [-0.2, 0) is 0 Å². The van der Waals surface area contributed by atoms with Gasteiger partial charge in [-0.05, 0) is 0 Å². The Labute approximate surface area is 683 Å². The minimum absolute atomic E-state index is 0.479. The van der Waals surface area contributed by atoms with Crippen LogP contribution in [-0.4, -0.2) is 132 Å². The summed E-state index contributed by atoms with van der Waals surface area (Å²) in [5.41, 5.74) is 5.69. The van der Waals surface area contributed by atoms with Gasteiger partial charge < -0.3 is 9.97 Å². The summed E-state index contributed by atoms with van der Waals surface area (Å²) < 4.78 is 0. The lowest BCUT2D eigenvalue weighted by atomic mass is 10.1. The Morgan fingerprint density at radius 2 is 0.298 bits per heavy atom. The predicted molar refractivity (Wildman–Crippen MR) is 491 cm³/mol. The summed E-state index contributed by atoms with van der Waals surface area (Å²) in [6, 6.07) is 0. The molecule has 0 aliphatic carbocycles. The van der Waals surface area contributed by atoms with Crippen molar-refractivity contribution in [3.63, 3.8) is 0 Å². The summed E-state index contributed by atoms with van der Waals surface area (Å²) in [5.74, 6) is 11.9. The van der Waals surface area contributed by atoms with E-state index in [0.29, 0.717) is 138 Å². The van der Waals surface area contributed by atoms with Gasteiger partial charge in [-0.15, -0.1) is 293 Å². The summed E-state index contributed by atoms with van der Waals surface area (Å²) in [6.45, 7) is 68.4. The molecule has 2 N–H and O–H groups in total. The van der Waals surface area contributed by atoms with Gasteiger partial charge in [-0.3, -0.25) is 0 Å². The van der Waals surface area contributed by atoms with Crippen LogP contribution in [0.15, 0.2) is 281 Å². The molecule has 9 rings (SSSR count). The molecular formula is C80H82N8S16. The van der Waals surface area contributed by atoms with Crippen molar-refractivity contribution in [2.45, 2.75) is 78.3 Å². The molecule has 0 unspecified atom stereocenters. The first-order valence-electron chi connectivity index (χ1n) is 32.6. The fraction of sp³-hybridized carbons (Fsp3) is 0.200. The van der Waals surface area contributed by atoms with Crippen molar-refractivity contribution in [3.05, 3.63) is 202 Å². The number of fused-ring (bicyclic) bond motifs is 20. The number of hydrogen-bond donors (Lipinski definition) is 2. The molecule has 2 aliphatic heterocycles. The lowest BCUT2D eigenvalue weighted by Gasteiger charge is -2.21. The van der Waals surface area contributed by atoms with Gasteiger partial charge in [-0.1, -0.05) is 97.2 Å². The summed E-state index contributed by atoms with van der Waals surface area (Å²) in [6.07, 6.45) is 31.4. The third-order valence-corrected chi connectivity index (χ3v) is 33.6. The maximum atomic E-state index is 6.06. The average molecular weight is 1670 g/mol. The molecule has 0 atom stereocenters. The average Bonchev–Trinajstić information content (AvgIpc) is 1.41. The molecule has 24 heteroatoms. The number of hydrogen-bond acceptors (Lipinski definition) is 22. The summed E-state index contributed by atoms with van der Waals surface area (Å²) in [5, 5.41) is 3.53. The van der Waals surface area contributed by atoms with Gasteiger partial charge in [-0.25, -0.2) is 29.9 Å². The van der Waals surface area contributed by atoms with E-state index in [1.807, 2.05) is 97.2 Å². The monoisotopic (exact) mass is 1670 g/mol. The van der Waals surface area contributed by atoms with Gasteiger partial charge in [0.05, 0.1) is 0 Å². The maximum absolute atomic E-state index is 6.06. The van der Waals surface area contributed by atoms with Crippen LogP contribution >= 0.6 is 188 Å². The standard InChI is InChI=1S/C80H82N8S16/c1-17-33-89-57-49-50(58(90-34-18-2)66(98-42-26-10)65(57)97-41-25-9)74-81-73(49)85-75-51-52(60(92-36-20-4)68(100-44-28-12)67(99-43-27-11)59(51)91-35-19-3)77(82-75)87-79-55-56(64(96-40-24-8)72(104-48-32-16)71(103-47-31-15)63(55)95-39-23-7)80(84-79)88-78-54-53(76(83-78)86-74)61(93-37-21-5)69(101-45-29-13)70(102-46-30-14)62(54)94-38-22-6/h17-32H,1-16,33-48H2,(H2,81,82,83,84,85,86,87,88). The zero-order valence-electron chi connectivity index (χ0n) is 58.1. The fourth-order valence-corrected chi connectivity index (χ4v) is 28.4. The van der Waals surface area contributed by atoms with Crippen LogP contribution in [0.3, 0.4) is 0 Å². The van der Waals surface area contributed by atoms with Crippen molar-refractivity contribution in [1.82, 2.24) is 39.9 Å². The molecule has 3 aromatic heterocycles. The van der Waals surface area contributed by atoms with Crippen molar-refractivity contribution >= 4 is 232 Å². The SMILES string of the molecule is C=CCSc1c(SCC=C)c(SCC=C)c2c(c1SCC=C)-c1nc-2nc2[nH]c(nc3nc(nc4[nH]c(n1)c1c(SCC=C)c(SCC=C)c(SCC=C)c(SCC=C)c41)-c1c(SCC=C)c(SCC=C)c(SCC=C)c(SCC=C)c1-3)c1c(SCC=C)c(SCC=C)c(SCC=C)c(SCC=C)c21. The van der Waals surface area contributed by atoms with E-state index in [9.17, 15) is 0 Å². The van der Waals surface area contributed by atoms with Crippen LogP contribution in [0.5, 0.6) is 0 Å². The van der Waals surface area contributed by atoms with E-state index in [-0.39, 0.29) is 0 Å². The smallest absolute Gasteiger partial charge is 0.165 e. The molecule has 104 heavy (non-hydrogen) atoms. The lowest BCUT2D eigenvalue weighted by molar-refractivity contribution is 1.04. The van der Waals surface area contributed by atoms with Gasteiger partial charge in [0.2, 0.25) is 0 Å². The van der Waals surface area contributed by atoms with Gasteiger partial charge in [-0.2, -0.15) is 0 Å². The predicted octanol–water partition coefficient (Wildman–Crippen LogP) is 27.3. The van der Waals surface area contributed by atoms with Crippen molar-refractivity contribution in [2.24, 2.45) is 0 Å². The van der Waals surface area contributed by atoms with E-state index in [2.05, 4.69) is 115 Å². The van der Waals surface area contributed by atoms with Gasteiger partial charge in [0.1, 0.15) is 22.6 Å². The van der Waals surface area contributed by atoms with Crippen LogP contribution in [0.1, 0.15) is 0 Å². The minimum Gasteiger partial charge on any atom is -0.324 e. The number of aromatic nitrogens is 8. The second kappa shape index (κ2) is 43.2. The maximum Gasteiger partial charge on any atom is 0.165 e. The van der Waals surface area contributed by atoms with Crippen molar-refractivity contribution in [3.8, 4) is 45.6 Å². The van der Waals surface area contributed by atoms with Crippen molar-refractivity contribution in [2.75, 3.05) is 92.0 Å². The molecule has 7 aromatic rings. The van der Waals surface area contributed by atoms with E-state index >= 15 is 0 Å². The largest absolute Gasteiger partial charge is 0.324 e. The number of benzene rings is 4. The number of rotatable bonds is 48. The van der Waals surface area contributed by atoms with Gasteiger partial charge in [0, 0.05) is 214 Å².